The zero-order valence-corrected chi connectivity index (χ0v) is 16.9. The molecule has 160 valence electrons. The predicted molar refractivity (Wildman–Crippen MR) is 107 cm³/mol. The number of alkyl halides is 2. The Kier molecular flexibility index (Phi) is 7.20. The lowest BCUT2D eigenvalue weighted by molar-refractivity contribution is -0.135. The van der Waals surface area contributed by atoms with Gasteiger partial charge in [-0.3, -0.25) is 14.4 Å². The number of hydrogen-bond donors (Lipinski definition) is 0. The number of rotatable bonds is 7. The number of carbonyl (C=O) groups is 2. The SMILES string of the molecule is O=C(Cc1ccc(OC(F)F)cc1)C1CCN(C(=O)Cn2cc(Cl)ccc2=O)CC1. The van der Waals surface area contributed by atoms with Crippen molar-refractivity contribution in [3.63, 3.8) is 0 Å². The van der Waals surface area contributed by atoms with Crippen molar-refractivity contribution in [2.75, 3.05) is 13.1 Å². The van der Waals surface area contributed by atoms with E-state index < -0.39 is 6.61 Å². The van der Waals surface area contributed by atoms with E-state index >= 15 is 0 Å². The van der Waals surface area contributed by atoms with E-state index in [-0.39, 0.29) is 41.9 Å². The van der Waals surface area contributed by atoms with Gasteiger partial charge < -0.3 is 14.2 Å². The van der Waals surface area contributed by atoms with Crippen LogP contribution in [0.2, 0.25) is 5.02 Å². The minimum Gasteiger partial charge on any atom is -0.435 e. The van der Waals surface area contributed by atoms with Crippen LogP contribution in [0.3, 0.4) is 0 Å². The largest absolute Gasteiger partial charge is 0.435 e. The molecule has 3 rings (SSSR count). The summed E-state index contributed by atoms with van der Waals surface area (Å²) in [7, 11) is 0. The Bertz CT molecular complexity index is 954. The van der Waals surface area contributed by atoms with Crippen LogP contribution in [0, 0.1) is 5.92 Å². The van der Waals surface area contributed by atoms with Gasteiger partial charge in [0.05, 0.1) is 5.02 Å². The third-order valence-corrected chi connectivity index (χ3v) is 5.31. The number of ketones is 1. The highest BCUT2D eigenvalue weighted by Crippen LogP contribution is 2.22. The van der Waals surface area contributed by atoms with E-state index in [2.05, 4.69) is 4.74 Å². The summed E-state index contributed by atoms with van der Waals surface area (Å²) in [4.78, 5) is 38.5. The second kappa shape index (κ2) is 9.84. The number of amides is 1. The summed E-state index contributed by atoms with van der Waals surface area (Å²) >= 11 is 5.87. The molecule has 2 aromatic rings. The fourth-order valence-electron chi connectivity index (χ4n) is 3.46. The van der Waals surface area contributed by atoms with Gasteiger partial charge in [0, 0.05) is 37.7 Å². The average Bonchev–Trinajstić information content (AvgIpc) is 2.72. The molecule has 0 N–H and O–H groups in total. The second-order valence-electron chi connectivity index (χ2n) is 7.13. The van der Waals surface area contributed by atoms with Gasteiger partial charge in [-0.05, 0) is 36.6 Å². The molecule has 1 aromatic carbocycles. The summed E-state index contributed by atoms with van der Waals surface area (Å²) in [6.45, 7) is -2.11. The van der Waals surface area contributed by atoms with Gasteiger partial charge in [-0.2, -0.15) is 8.78 Å². The molecule has 1 saturated heterocycles. The van der Waals surface area contributed by atoms with Crippen molar-refractivity contribution >= 4 is 23.3 Å². The molecule has 1 aliphatic rings. The second-order valence-corrected chi connectivity index (χ2v) is 7.57. The lowest BCUT2D eigenvalue weighted by atomic mass is 9.89. The van der Waals surface area contributed by atoms with Crippen LogP contribution in [-0.4, -0.2) is 40.9 Å². The van der Waals surface area contributed by atoms with E-state index in [0.29, 0.717) is 31.0 Å². The number of pyridine rings is 1. The zero-order valence-electron chi connectivity index (χ0n) is 16.1. The molecule has 1 aliphatic heterocycles. The van der Waals surface area contributed by atoms with Crippen molar-refractivity contribution in [1.29, 1.82) is 0 Å². The van der Waals surface area contributed by atoms with E-state index in [4.69, 9.17) is 11.6 Å². The number of likely N-dealkylation sites (tertiary alicyclic amines) is 1. The van der Waals surface area contributed by atoms with Crippen molar-refractivity contribution in [3.05, 3.63) is 63.5 Å². The molecule has 2 heterocycles. The van der Waals surface area contributed by atoms with Gasteiger partial charge in [-0.1, -0.05) is 23.7 Å². The van der Waals surface area contributed by atoms with E-state index in [0.717, 1.165) is 5.56 Å². The van der Waals surface area contributed by atoms with Gasteiger partial charge >= 0.3 is 6.61 Å². The lowest BCUT2D eigenvalue weighted by Gasteiger charge is -2.31. The Morgan fingerprint density at radius 2 is 1.77 bits per heavy atom. The Hall–Kier alpha value is -2.74. The van der Waals surface area contributed by atoms with Gasteiger partial charge in [-0.25, -0.2) is 0 Å². The highest BCUT2D eigenvalue weighted by atomic mass is 35.5. The van der Waals surface area contributed by atoms with Gasteiger partial charge in [0.1, 0.15) is 18.1 Å². The van der Waals surface area contributed by atoms with Crippen LogP contribution in [0.5, 0.6) is 5.75 Å². The van der Waals surface area contributed by atoms with Crippen molar-refractivity contribution in [1.82, 2.24) is 9.47 Å². The van der Waals surface area contributed by atoms with Crippen LogP contribution in [-0.2, 0) is 22.6 Å². The van der Waals surface area contributed by atoms with E-state index in [9.17, 15) is 23.2 Å². The maximum atomic E-state index is 12.6. The average molecular weight is 439 g/mol. The number of aromatic nitrogens is 1. The fraction of sp³-hybridized carbons (Fsp3) is 0.381. The standard InChI is InChI=1S/C21H21ClF2N2O4/c22-16-3-6-19(28)26(12-16)13-20(29)25-9-7-15(8-10-25)18(27)11-14-1-4-17(5-2-14)30-21(23)24/h1-6,12,15,21H,7-11,13H2. The van der Waals surface area contributed by atoms with Crippen molar-refractivity contribution < 1.29 is 23.1 Å². The summed E-state index contributed by atoms with van der Waals surface area (Å²) in [5.41, 5.74) is 0.420. The first-order valence-electron chi connectivity index (χ1n) is 9.52. The molecule has 9 heteroatoms. The summed E-state index contributed by atoms with van der Waals surface area (Å²) in [5.74, 6) is -0.262. The number of hydrogen-bond acceptors (Lipinski definition) is 4. The molecule has 1 aromatic heterocycles. The van der Waals surface area contributed by atoms with Gasteiger partial charge in [0.2, 0.25) is 5.91 Å². The molecule has 0 radical (unpaired) electrons. The van der Waals surface area contributed by atoms with Gasteiger partial charge in [0.25, 0.3) is 5.56 Å². The monoisotopic (exact) mass is 438 g/mol. The van der Waals surface area contributed by atoms with Gasteiger partial charge in [0.15, 0.2) is 0 Å². The summed E-state index contributed by atoms with van der Waals surface area (Å²) in [6.07, 6.45) is 2.71. The number of Topliss-reactive ketones (excluding diaryl/α,β-unsaturated/α-hetero) is 1. The third-order valence-electron chi connectivity index (χ3n) is 5.08. The number of benzene rings is 1. The quantitative estimate of drug-likeness (QED) is 0.666. The van der Waals surface area contributed by atoms with Crippen LogP contribution in [0.4, 0.5) is 8.78 Å². The summed E-state index contributed by atoms with van der Waals surface area (Å²) in [5, 5.41) is 0.375. The van der Waals surface area contributed by atoms with Crippen molar-refractivity contribution in [3.8, 4) is 5.75 Å². The normalized spacial score (nSPS) is 14.7. The topological polar surface area (TPSA) is 68.6 Å². The summed E-state index contributed by atoms with van der Waals surface area (Å²) < 4.78 is 30.0. The van der Waals surface area contributed by atoms with Crippen LogP contribution in [0.25, 0.3) is 0 Å². The molecule has 0 bridgehead atoms. The zero-order chi connectivity index (χ0) is 21.7. The molecule has 1 fully saturated rings. The van der Waals surface area contributed by atoms with E-state index in [1.54, 1.807) is 17.0 Å². The molecule has 30 heavy (non-hydrogen) atoms. The Morgan fingerprint density at radius 3 is 2.40 bits per heavy atom. The number of piperidine rings is 1. The maximum Gasteiger partial charge on any atom is 0.387 e. The first-order valence-corrected chi connectivity index (χ1v) is 9.90. The number of halogens is 3. The summed E-state index contributed by atoms with van der Waals surface area (Å²) in [6, 6.07) is 8.80. The number of ether oxygens (including phenoxy) is 1. The fourth-order valence-corrected chi connectivity index (χ4v) is 3.64. The van der Waals surface area contributed by atoms with Crippen LogP contribution in [0.1, 0.15) is 18.4 Å². The minimum absolute atomic E-state index is 0.0480. The van der Waals surface area contributed by atoms with Gasteiger partial charge in [-0.15, -0.1) is 0 Å². The molecule has 0 spiro atoms. The maximum absolute atomic E-state index is 12.6. The molecular formula is C21H21ClF2N2O4. The van der Waals surface area contributed by atoms with Crippen molar-refractivity contribution in [2.45, 2.75) is 32.4 Å². The Morgan fingerprint density at radius 1 is 1.10 bits per heavy atom. The number of nitrogens with zero attached hydrogens (tertiary/aromatic N) is 2. The molecule has 0 atom stereocenters. The minimum atomic E-state index is -2.89. The molecular weight excluding hydrogens is 418 g/mol. The van der Waals surface area contributed by atoms with E-state index in [1.807, 2.05) is 0 Å². The van der Waals surface area contributed by atoms with E-state index in [1.165, 1.54) is 35.0 Å². The molecule has 6 nitrogen and oxygen atoms in total. The first kappa shape index (κ1) is 22.0. The predicted octanol–water partition coefficient (Wildman–Crippen LogP) is 3.15. The molecule has 0 unspecified atom stereocenters. The number of carbonyl (C=O) groups excluding carboxylic acids is 2. The van der Waals surface area contributed by atoms with Crippen LogP contribution in [0.15, 0.2) is 47.4 Å². The third kappa shape index (κ3) is 5.89. The Labute approximate surface area is 177 Å². The highest BCUT2D eigenvalue weighted by molar-refractivity contribution is 6.30. The van der Waals surface area contributed by atoms with Crippen LogP contribution < -0.4 is 10.3 Å². The lowest BCUT2D eigenvalue weighted by Crippen LogP contribution is -2.43. The molecule has 0 saturated carbocycles. The first-order chi connectivity index (χ1) is 14.3. The van der Waals surface area contributed by atoms with Crippen LogP contribution >= 0.6 is 11.6 Å². The Balaban J connectivity index is 1.49. The highest BCUT2D eigenvalue weighted by Gasteiger charge is 2.27. The molecule has 0 aliphatic carbocycles. The smallest absolute Gasteiger partial charge is 0.387 e. The van der Waals surface area contributed by atoms with Crippen molar-refractivity contribution in [2.24, 2.45) is 5.92 Å². The molecule has 1 amide bonds.